The minimum atomic E-state index is -0.492. The summed E-state index contributed by atoms with van der Waals surface area (Å²) >= 11 is 0.815. The molecule has 0 bridgehead atoms. The van der Waals surface area contributed by atoms with Gasteiger partial charge in [-0.2, -0.15) is 0 Å². The molecule has 0 saturated carbocycles. The Labute approximate surface area is 189 Å². The van der Waals surface area contributed by atoms with Crippen LogP contribution in [0.2, 0.25) is 0 Å². The average molecular weight is 445 g/mol. The van der Waals surface area contributed by atoms with Gasteiger partial charge in [0.25, 0.3) is 11.1 Å². The second-order valence-electron chi connectivity index (χ2n) is 7.17. The van der Waals surface area contributed by atoms with Crippen molar-refractivity contribution < 1.29 is 19.1 Å². The van der Waals surface area contributed by atoms with E-state index in [0.29, 0.717) is 22.7 Å². The molecule has 0 atom stereocenters. The molecule has 6 nitrogen and oxygen atoms in total. The van der Waals surface area contributed by atoms with Crippen molar-refractivity contribution in [2.45, 2.75) is 6.92 Å². The van der Waals surface area contributed by atoms with Crippen molar-refractivity contribution >= 4 is 40.6 Å². The number of rotatable bonds is 6. The molecule has 7 heteroatoms. The summed E-state index contributed by atoms with van der Waals surface area (Å²) in [6.07, 6.45) is 1.63. The van der Waals surface area contributed by atoms with Crippen molar-refractivity contribution in [3.8, 4) is 11.5 Å². The molecule has 1 N–H and O–H groups in total. The Morgan fingerprint density at radius 2 is 1.72 bits per heavy atom. The molecule has 1 heterocycles. The maximum Gasteiger partial charge on any atom is 0.294 e. The molecule has 1 fully saturated rings. The van der Waals surface area contributed by atoms with E-state index in [1.54, 1.807) is 18.2 Å². The minimum absolute atomic E-state index is 0.259. The van der Waals surface area contributed by atoms with Gasteiger partial charge in [-0.25, -0.2) is 0 Å². The number of aryl methyl sites for hydroxylation is 1. The third-order valence-corrected chi connectivity index (χ3v) is 5.52. The summed E-state index contributed by atoms with van der Waals surface area (Å²) in [6, 6.07) is 23.9. The molecule has 3 amide bonds. The summed E-state index contributed by atoms with van der Waals surface area (Å²) in [5, 5.41) is 2.24. The summed E-state index contributed by atoms with van der Waals surface area (Å²) in [5.74, 6) is 0.387. The molecule has 4 rings (SSSR count). The van der Waals surface area contributed by atoms with E-state index in [0.717, 1.165) is 22.2 Å². The normalized spacial score (nSPS) is 14.7. The SMILES string of the molecule is Cc1cccc(NC(=O)CN2C(=O)S/C(=C/c3cccc(Oc4ccccc4)c3)C2=O)c1. The zero-order valence-corrected chi connectivity index (χ0v) is 18.1. The van der Waals surface area contributed by atoms with Gasteiger partial charge in [-0.3, -0.25) is 19.3 Å². The molecule has 0 unspecified atom stereocenters. The molecular formula is C25H20N2O4S. The predicted octanol–water partition coefficient (Wildman–Crippen LogP) is 5.46. The van der Waals surface area contributed by atoms with E-state index in [2.05, 4.69) is 5.32 Å². The van der Waals surface area contributed by atoms with Crippen LogP contribution >= 0.6 is 11.8 Å². The number of carbonyl (C=O) groups excluding carboxylic acids is 3. The first-order valence-corrected chi connectivity index (χ1v) is 10.7. The predicted molar refractivity (Wildman–Crippen MR) is 125 cm³/mol. The highest BCUT2D eigenvalue weighted by Crippen LogP contribution is 2.33. The minimum Gasteiger partial charge on any atom is -0.457 e. The van der Waals surface area contributed by atoms with E-state index in [1.807, 2.05) is 73.7 Å². The Morgan fingerprint density at radius 3 is 2.50 bits per heavy atom. The number of carbonyl (C=O) groups is 3. The lowest BCUT2D eigenvalue weighted by atomic mass is 10.2. The van der Waals surface area contributed by atoms with Crippen molar-refractivity contribution in [1.29, 1.82) is 0 Å². The lowest BCUT2D eigenvalue weighted by Crippen LogP contribution is -2.36. The van der Waals surface area contributed by atoms with E-state index in [4.69, 9.17) is 4.74 Å². The van der Waals surface area contributed by atoms with E-state index in [-0.39, 0.29) is 11.4 Å². The summed E-state index contributed by atoms with van der Waals surface area (Å²) in [7, 11) is 0. The van der Waals surface area contributed by atoms with Crippen LogP contribution in [-0.4, -0.2) is 28.5 Å². The van der Waals surface area contributed by atoms with Gasteiger partial charge in [-0.15, -0.1) is 0 Å². The number of imide groups is 1. The molecule has 0 aromatic heterocycles. The number of nitrogens with one attached hydrogen (secondary N) is 1. The van der Waals surface area contributed by atoms with Crippen molar-refractivity contribution in [2.75, 3.05) is 11.9 Å². The fraction of sp³-hybridized carbons (Fsp3) is 0.0800. The first-order chi connectivity index (χ1) is 15.5. The highest BCUT2D eigenvalue weighted by Gasteiger charge is 2.36. The highest BCUT2D eigenvalue weighted by molar-refractivity contribution is 8.18. The number of benzene rings is 3. The van der Waals surface area contributed by atoms with E-state index in [1.165, 1.54) is 0 Å². The van der Waals surface area contributed by atoms with Gasteiger partial charge in [0.05, 0.1) is 4.91 Å². The maximum absolute atomic E-state index is 12.7. The van der Waals surface area contributed by atoms with E-state index in [9.17, 15) is 14.4 Å². The van der Waals surface area contributed by atoms with E-state index >= 15 is 0 Å². The van der Waals surface area contributed by atoms with Crippen LogP contribution in [0.15, 0.2) is 83.8 Å². The second kappa shape index (κ2) is 9.53. The molecule has 0 spiro atoms. The molecular weight excluding hydrogens is 424 g/mol. The molecule has 3 aromatic rings. The number of hydrogen-bond acceptors (Lipinski definition) is 5. The molecule has 0 aliphatic carbocycles. The van der Waals surface area contributed by atoms with Crippen molar-refractivity contribution in [3.05, 3.63) is 94.9 Å². The van der Waals surface area contributed by atoms with Crippen LogP contribution in [0.1, 0.15) is 11.1 Å². The van der Waals surface area contributed by atoms with Crippen LogP contribution < -0.4 is 10.1 Å². The summed E-state index contributed by atoms with van der Waals surface area (Å²) in [5.41, 5.74) is 2.33. The van der Waals surface area contributed by atoms with Gasteiger partial charge in [0.1, 0.15) is 18.0 Å². The quantitative estimate of drug-likeness (QED) is 0.511. The largest absolute Gasteiger partial charge is 0.457 e. The fourth-order valence-corrected chi connectivity index (χ4v) is 3.99. The molecule has 160 valence electrons. The molecule has 3 aromatic carbocycles. The standard InChI is InChI=1S/C25H20N2O4S/c1-17-7-5-9-19(13-17)26-23(28)16-27-24(29)22(32-25(27)30)15-18-8-6-12-21(14-18)31-20-10-3-2-4-11-20/h2-15H,16H2,1H3,(H,26,28)/b22-15+. The molecule has 1 saturated heterocycles. The number of amides is 3. The van der Waals surface area contributed by atoms with Crippen LogP contribution in [0.25, 0.3) is 6.08 Å². The number of hydrogen-bond donors (Lipinski definition) is 1. The second-order valence-corrected chi connectivity index (χ2v) is 8.17. The highest BCUT2D eigenvalue weighted by atomic mass is 32.2. The Morgan fingerprint density at radius 1 is 0.969 bits per heavy atom. The zero-order chi connectivity index (χ0) is 22.5. The van der Waals surface area contributed by atoms with Crippen LogP contribution in [0, 0.1) is 6.92 Å². The third-order valence-electron chi connectivity index (χ3n) is 4.61. The number of nitrogens with zero attached hydrogens (tertiary/aromatic N) is 1. The smallest absolute Gasteiger partial charge is 0.294 e. The van der Waals surface area contributed by atoms with Crippen molar-refractivity contribution in [3.63, 3.8) is 0 Å². The Bertz CT molecular complexity index is 1210. The fourth-order valence-electron chi connectivity index (χ4n) is 3.15. The monoisotopic (exact) mass is 444 g/mol. The lowest BCUT2D eigenvalue weighted by Gasteiger charge is -2.12. The van der Waals surface area contributed by atoms with E-state index < -0.39 is 17.1 Å². The molecule has 32 heavy (non-hydrogen) atoms. The number of para-hydroxylation sites is 1. The number of ether oxygens (including phenoxy) is 1. The number of thioether (sulfide) groups is 1. The molecule has 0 radical (unpaired) electrons. The lowest BCUT2D eigenvalue weighted by molar-refractivity contribution is -0.127. The van der Waals surface area contributed by atoms with Gasteiger partial charge in [-0.05, 0) is 72.3 Å². The van der Waals surface area contributed by atoms with Gasteiger partial charge in [0.2, 0.25) is 5.91 Å². The van der Waals surface area contributed by atoms with Crippen LogP contribution in [0.4, 0.5) is 10.5 Å². The topological polar surface area (TPSA) is 75.7 Å². The maximum atomic E-state index is 12.7. The van der Waals surface area contributed by atoms with Gasteiger partial charge >= 0.3 is 0 Å². The summed E-state index contributed by atoms with van der Waals surface area (Å²) in [6.45, 7) is 1.57. The van der Waals surface area contributed by atoms with Gasteiger partial charge in [0, 0.05) is 5.69 Å². The van der Waals surface area contributed by atoms with Gasteiger partial charge < -0.3 is 10.1 Å². The number of anilines is 1. The van der Waals surface area contributed by atoms with Crippen molar-refractivity contribution in [2.24, 2.45) is 0 Å². The average Bonchev–Trinajstić information content (AvgIpc) is 3.02. The zero-order valence-electron chi connectivity index (χ0n) is 17.3. The Balaban J connectivity index is 1.44. The first-order valence-electron chi connectivity index (χ1n) is 9.93. The van der Waals surface area contributed by atoms with Gasteiger partial charge in [0.15, 0.2) is 0 Å². The Hall–Kier alpha value is -3.84. The summed E-state index contributed by atoms with van der Waals surface area (Å²) in [4.78, 5) is 38.7. The van der Waals surface area contributed by atoms with Gasteiger partial charge in [-0.1, -0.05) is 42.5 Å². The van der Waals surface area contributed by atoms with Crippen LogP contribution in [0.5, 0.6) is 11.5 Å². The van der Waals surface area contributed by atoms with Crippen LogP contribution in [0.3, 0.4) is 0 Å². The first kappa shape index (κ1) is 21.4. The molecule has 1 aliphatic rings. The molecule has 1 aliphatic heterocycles. The van der Waals surface area contributed by atoms with Crippen molar-refractivity contribution in [1.82, 2.24) is 4.90 Å². The Kier molecular flexibility index (Phi) is 6.37. The third kappa shape index (κ3) is 5.25. The summed E-state index contributed by atoms with van der Waals surface area (Å²) < 4.78 is 5.82. The van der Waals surface area contributed by atoms with Crippen LogP contribution in [-0.2, 0) is 9.59 Å².